The van der Waals surface area contributed by atoms with E-state index in [4.69, 9.17) is 10.3 Å². The molecule has 0 unspecified atom stereocenters. The standard InChI is InChI=1S/C8H13N3O3S/c1-5-3-8(5,15(2,12)13)7-10-6(4-9)14-11-7/h5H,3-4,9H2,1-2H3/t5-,8+/m1/s1. The summed E-state index contributed by atoms with van der Waals surface area (Å²) < 4.78 is 27.2. The first-order valence-electron chi connectivity index (χ1n) is 4.64. The Labute approximate surface area is 87.8 Å². The van der Waals surface area contributed by atoms with Crippen LogP contribution in [0.2, 0.25) is 0 Å². The summed E-state index contributed by atoms with van der Waals surface area (Å²) in [6.07, 6.45) is 1.75. The number of aromatic nitrogens is 2. The Morgan fingerprint density at radius 3 is 2.60 bits per heavy atom. The molecule has 0 spiro atoms. The Balaban J connectivity index is 2.45. The lowest BCUT2D eigenvalue weighted by Crippen LogP contribution is -2.23. The fourth-order valence-corrected chi connectivity index (χ4v) is 3.60. The van der Waals surface area contributed by atoms with Crippen LogP contribution >= 0.6 is 0 Å². The highest BCUT2D eigenvalue weighted by Crippen LogP contribution is 2.56. The zero-order valence-electron chi connectivity index (χ0n) is 8.60. The molecule has 0 radical (unpaired) electrons. The number of rotatable bonds is 3. The molecule has 0 amide bonds. The molecule has 0 bridgehead atoms. The molecule has 2 atom stereocenters. The van der Waals surface area contributed by atoms with Crippen LogP contribution in [0.5, 0.6) is 0 Å². The van der Waals surface area contributed by atoms with Gasteiger partial charge in [-0.1, -0.05) is 12.1 Å². The van der Waals surface area contributed by atoms with Crippen LogP contribution in [0.25, 0.3) is 0 Å². The normalized spacial score (nSPS) is 30.5. The second-order valence-electron chi connectivity index (χ2n) is 3.98. The Kier molecular flexibility index (Phi) is 2.13. The average Bonchev–Trinajstić information content (AvgIpc) is 2.62. The first-order valence-corrected chi connectivity index (χ1v) is 6.53. The maximum Gasteiger partial charge on any atom is 0.240 e. The van der Waals surface area contributed by atoms with Crippen molar-refractivity contribution >= 4 is 9.84 Å². The largest absolute Gasteiger partial charge is 0.338 e. The molecule has 1 aliphatic rings. The smallest absolute Gasteiger partial charge is 0.240 e. The van der Waals surface area contributed by atoms with Gasteiger partial charge in [-0.05, 0) is 12.3 Å². The van der Waals surface area contributed by atoms with Gasteiger partial charge >= 0.3 is 0 Å². The van der Waals surface area contributed by atoms with E-state index in [1.54, 1.807) is 0 Å². The summed E-state index contributed by atoms with van der Waals surface area (Å²) in [5.41, 5.74) is 5.32. The van der Waals surface area contributed by atoms with Crippen LogP contribution in [0, 0.1) is 5.92 Å². The molecule has 84 valence electrons. The Morgan fingerprint density at radius 1 is 1.67 bits per heavy atom. The van der Waals surface area contributed by atoms with Crippen molar-refractivity contribution in [3.8, 4) is 0 Å². The predicted molar refractivity (Wildman–Crippen MR) is 52.5 cm³/mol. The molecule has 1 heterocycles. The minimum absolute atomic E-state index is 0.0377. The van der Waals surface area contributed by atoms with Crippen molar-refractivity contribution in [2.45, 2.75) is 24.6 Å². The number of hydrogen-bond acceptors (Lipinski definition) is 6. The molecule has 1 aromatic heterocycles. The molecule has 7 heteroatoms. The van der Waals surface area contributed by atoms with Crippen LogP contribution in [-0.2, 0) is 21.1 Å². The maximum absolute atomic E-state index is 11.7. The summed E-state index contributed by atoms with van der Waals surface area (Å²) in [6, 6.07) is 0. The highest BCUT2D eigenvalue weighted by atomic mass is 32.2. The third kappa shape index (κ3) is 1.37. The highest BCUT2D eigenvalue weighted by molar-refractivity contribution is 7.92. The van der Waals surface area contributed by atoms with Crippen LogP contribution in [0.1, 0.15) is 25.1 Å². The molecule has 2 N–H and O–H groups in total. The van der Waals surface area contributed by atoms with E-state index in [0.29, 0.717) is 6.42 Å². The first kappa shape index (κ1) is 10.6. The molecular weight excluding hydrogens is 218 g/mol. The van der Waals surface area contributed by atoms with Gasteiger partial charge in [-0.25, -0.2) is 8.42 Å². The molecule has 0 saturated heterocycles. The number of hydrogen-bond donors (Lipinski definition) is 1. The summed E-state index contributed by atoms with van der Waals surface area (Å²) in [4.78, 5) is 4.00. The van der Waals surface area contributed by atoms with Crippen LogP contribution in [0.3, 0.4) is 0 Å². The molecule has 1 saturated carbocycles. The van der Waals surface area contributed by atoms with E-state index in [-0.39, 0.29) is 24.2 Å². The molecule has 1 aliphatic carbocycles. The second-order valence-corrected chi connectivity index (χ2v) is 6.26. The molecule has 0 aliphatic heterocycles. The molecule has 15 heavy (non-hydrogen) atoms. The number of sulfone groups is 1. The van der Waals surface area contributed by atoms with Gasteiger partial charge in [0.25, 0.3) is 0 Å². The van der Waals surface area contributed by atoms with Crippen molar-refractivity contribution in [1.29, 1.82) is 0 Å². The molecule has 6 nitrogen and oxygen atoms in total. The van der Waals surface area contributed by atoms with Crippen molar-refractivity contribution in [3.63, 3.8) is 0 Å². The number of nitrogens with two attached hydrogens (primary N) is 1. The van der Waals surface area contributed by atoms with Gasteiger partial charge in [-0.15, -0.1) is 0 Å². The molecule has 1 aromatic rings. The van der Waals surface area contributed by atoms with Crippen LogP contribution < -0.4 is 5.73 Å². The van der Waals surface area contributed by atoms with E-state index in [0.717, 1.165) is 0 Å². The lowest BCUT2D eigenvalue weighted by molar-refractivity contribution is 0.372. The molecule has 2 rings (SSSR count). The van der Waals surface area contributed by atoms with Gasteiger partial charge in [-0.3, -0.25) is 0 Å². The molecule has 0 aromatic carbocycles. The predicted octanol–water partition coefficient (Wildman–Crippen LogP) is -0.192. The van der Waals surface area contributed by atoms with Crippen molar-refractivity contribution in [2.24, 2.45) is 11.7 Å². The van der Waals surface area contributed by atoms with E-state index in [1.165, 1.54) is 6.26 Å². The number of nitrogens with zero attached hydrogens (tertiary/aromatic N) is 2. The SMILES string of the molecule is C[C@@H]1C[C@]1(c1noc(CN)n1)S(C)(=O)=O. The van der Waals surface area contributed by atoms with Crippen molar-refractivity contribution in [1.82, 2.24) is 10.1 Å². The van der Waals surface area contributed by atoms with Gasteiger partial charge < -0.3 is 10.3 Å². The van der Waals surface area contributed by atoms with E-state index in [2.05, 4.69) is 10.1 Å². The van der Waals surface area contributed by atoms with Gasteiger partial charge in [-0.2, -0.15) is 4.98 Å². The van der Waals surface area contributed by atoms with Crippen LogP contribution in [0.15, 0.2) is 4.52 Å². The minimum Gasteiger partial charge on any atom is -0.338 e. The van der Waals surface area contributed by atoms with Crippen molar-refractivity contribution in [3.05, 3.63) is 11.7 Å². The summed E-state index contributed by atoms with van der Waals surface area (Å²) in [5.74, 6) is 0.556. The van der Waals surface area contributed by atoms with Crippen LogP contribution in [-0.4, -0.2) is 24.8 Å². The topological polar surface area (TPSA) is 99.1 Å². The monoisotopic (exact) mass is 231 g/mol. The average molecular weight is 231 g/mol. The lowest BCUT2D eigenvalue weighted by atomic mass is 10.3. The molecule has 1 fully saturated rings. The van der Waals surface area contributed by atoms with Gasteiger partial charge in [0, 0.05) is 6.26 Å². The first-order chi connectivity index (χ1) is 6.91. The quantitative estimate of drug-likeness (QED) is 0.774. The lowest BCUT2D eigenvalue weighted by Gasteiger charge is -2.08. The third-order valence-electron chi connectivity index (χ3n) is 2.93. The van der Waals surface area contributed by atoms with Crippen molar-refractivity contribution < 1.29 is 12.9 Å². The van der Waals surface area contributed by atoms with Gasteiger partial charge in [0.15, 0.2) is 15.7 Å². The zero-order chi connectivity index (χ0) is 11.3. The van der Waals surface area contributed by atoms with E-state index in [1.807, 2.05) is 6.92 Å². The van der Waals surface area contributed by atoms with E-state index in [9.17, 15) is 8.42 Å². The molecular formula is C8H13N3O3S. The summed E-state index contributed by atoms with van der Waals surface area (Å²) >= 11 is 0. The van der Waals surface area contributed by atoms with Gasteiger partial charge in [0.2, 0.25) is 5.89 Å². The van der Waals surface area contributed by atoms with E-state index >= 15 is 0 Å². The maximum atomic E-state index is 11.7. The Bertz CT molecular complexity index is 481. The highest BCUT2D eigenvalue weighted by Gasteiger charge is 2.63. The summed E-state index contributed by atoms with van der Waals surface area (Å²) in [5, 5.41) is 3.69. The van der Waals surface area contributed by atoms with Gasteiger partial charge in [0.1, 0.15) is 4.75 Å². The second kappa shape index (κ2) is 3.02. The van der Waals surface area contributed by atoms with Gasteiger partial charge in [0.05, 0.1) is 6.54 Å². The fourth-order valence-electron chi connectivity index (χ4n) is 1.90. The van der Waals surface area contributed by atoms with E-state index < -0.39 is 14.6 Å². The van der Waals surface area contributed by atoms with Crippen molar-refractivity contribution in [2.75, 3.05) is 6.26 Å². The summed E-state index contributed by atoms with van der Waals surface area (Å²) in [6.45, 7) is 1.99. The zero-order valence-corrected chi connectivity index (χ0v) is 9.41. The third-order valence-corrected chi connectivity index (χ3v) is 5.00. The minimum atomic E-state index is -3.21. The summed E-state index contributed by atoms with van der Waals surface area (Å²) in [7, 11) is -3.21. The van der Waals surface area contributed by atoms with Crippen LogP contribution in [0.4, 0.5) is 0 Å². The Hall–Kier alpha value is -0.950. The fraction of sp³-hybridized carbons (Fsp3) is 0.750. The Morgan fingerprint density at radius 2 is 2.27 bits per heavy atom.